The van der Waals surface area contributed by atoms with Crippen LogP contribution in [0.4, 0.5) is 5.69 Å². The van der Waals surface area contributed by atoms with Gasteiger partial charge in [-0.2, -0.15) is 0 Å². The van der Waals surface area contributed by atoms with Crippen molar-refractivity contribution in [2.24, 2.45) is 5.92 Å². The largest absolute Gasteiger partial charge is 0.486 e. The summed E-state index contributed by atoms with van der Waals surface area (Å²) in [5, 5.41) is 0.646. The van der Waals surface area contributed by atoms with E-state index in [9.17, 15) is 13.2 Å². The van der Waals surface area contributed by atoms with Gasteiger partial charge in [-0.3, -0.25) is 13.9 Å². The molecule has 5 heterocycles. The minimum atomic E-state index is -3.92. The normalized spacial score (nSPS) is 14.5. The molecular weight excluding hydrogens is 530 g/mol. The Morgan fingerprint density at radius 2 is 1.95 bits per heavy atom. The summed E-state index contributed by atoms with van der Waals surface area (Å²) < 4.78 is 46.8. The van der Waals surface area contributed by atoms with Gasteiger partial charge < -0.3 is 14.2 Å². The van der Waals surface area contributed by atoms with Crippen molar-refractivity contribution < 1.29 is 22.6 Å². The van der Waals surface area contributed by atoms with Crippen LogP contribution >= 0.6 is 11.3 Å². The number of ether oxygens (including phenoxy) is 3. The molecule has 0 bridgehead atoms. The summed E-state index contributed by atoms with van der Waals surface area (Å²) in [5.41, 5.74) is 1.90. The molecule has 1 aliphatic heterocycles. The smallest absolute Gasteiger partial charge is 0.300 e. The van der Waals surface area contributed by atoms with Crippen LogP contribution in [0.5, 0.6) is 11.6 Å². The Morgan fingerprint density at radius 3 is 2.66 bits per heavy atom. The summed E-state index contributed by atoms with van der Waals surface area (Å²) >= 11 is 1.09. The molecule has 0 aliphatic carbocycles. The molecule has 0 amide bonds. The lowest BCUT2D eigenvalue weighted by Crippen LogP contribution is -2.24. The summed E-state index contributed by atoms with van der Waals surface area (Å²) in [6.45, 7) is 5.22. The summed E-state index contributed by atoms with van der Waals surface area (Å²) in [7, 11) is -2.51. The summed E-state index contributed by atoms with van der Waals surface area (Å²) in [5.74, 6) is 0.614. The first-order valence-electron chi connectivity index (χ1n) is 12.0. The molecule has 0 spiro atoms. The minimum absolute atomic E-state index is 0.111. The number of fused-ring (bicyclic) bond motifs is 1. The number of thiazole rings is 1. The molecule has 4 aromatic rings. The maximum absolute atomic E-state index is 13.2. The molecule has 5 rings (SSSR count). The quantitative estimate of drug-likeness (QED) is 0.346. The molecule has 200 valence electrons. The fourth-order valence-electron chi connectivity index (χ4n) is 4.25. The lowest BCUT2D eigenvalue weighted by atomic mass is 10.0. The van der Waals surface area contributed by atoms with E-state index < -0.39 is 10.0 Å². The van der Waals surface area contributed by atoms with Crippen LogP contribution in [0.3, 0.4) is 0 Å². The number of nitrogens with one attached hydrogen (secondary N) is 1. The van der Waals surface area contributed by atoms with E-state index in [1.165, 1.54) is 17.7 Å². The fraction of sp³-hybridized carbons (Fsp3) is 0.360. The molecule has 1 saturated heterocycles. The molecule has 11 nitrogen and oxygen atoms in total. The van der Waals surface area contributed by atoms with E-state index in [2.05, 4.69) is 19.7 Å². The second kappa shape index (κ2) is 10.7. The van der Waals surface area contributed by atoms with Gasteiger partial charge in [-0.25, -0.2) is 23.4 Å². The SMILES string of the molecule is COc1ncc(-c2ccc3ncc(OCC4CCOCC4)c(=O)n3c2)cc1NS(=O)(=O)c1sc(C)nc1C. The highest BCUT2D eigenvalue weighted by Gasteiger charge is 2.23. The maximum atomic E-state index is 13.2. The van der Waals surface area contributed by atoms with Gasteiger partial charge in [0.1, 0.15) is 11.3 Å². The first kappa shape index (κ1) is 26.1. The van der Waals surface area contributed by atoms with Crippen molar-refractivity contribution in [3.8, 4) is 22.8 Å². The zero-order valence-electron chi connectivity index (χ0n) is 21.1. The number of sulfonamides is 1. The van der Waals surface area contributed by atoms with Crippen molar-refractivity contribution in [3.05, 3.63) is 57.8 Å². The van der Waals surface area contributed by atoms with Crippen LogP contribution in [0.25, 0.3) is 16.8 Å². The molecular formula is C25H27N5O6S2. The van der Waals surface area contributed by atoms with E-state index >= 15 is 0 Å². The van der Waals surface area contributed by atoms with Crippen molar-refractivity contribution in [2.45, 2.75) is 30.9 Å². The molecule has 0 saturated carbocycles. The van der Waals surface area contributed by atoms with E-state index in [1.807, 2.05) is 0 Å². The summed E-state index contributed by atoms with van der Waals surface area (Å²) in [6.07, 6.45) is 6.41. The van der Waals surface area contributed by atoms with Crippen molar-refractivity contribution in [2.75, 3.05) is 31.7 Å². The van der Waals surface area contributed by atoms with Crippen LogP contribution in [0.2, 0.25) is 0 Å². The summed E-state index contributed by atoms with van der Waals surface area (Å²) in [6, 6.07) is 5.09. The molecule has 1 fully saturated rings. The Kier molecular flexibility index (Phi) is 7.32. The van der Waals surface area contributed by atoms with Gasteiger partial charge in [0, 0.05) is 36.7 Å². The molecule has 13 heteroatoms. The molecule has 4 aromatic heterocycles. The molecule has 0 unspecified atom stereocenters. The van der Waals surface area contributed by atoms with E-state index in [0.29, 0.717) is 53.2 Å². The maximum Gasteiger partial charge on any atom is 0.300 e. The minimum Gasteiger partial charge on any atom is -0.486 e. The van der Waals surface area contributed by atoms with Gasteiger partial charge in [0.05, 0.1) is 30.6 Å². The van der Waals surface area contributed by atoms with Crippen LogP contribution < -0.4 is 19.8 Å². The second-order valence-electron chi connectivity index (χ2n) is 8.93. The van der Waals surface area contributed by atoms with Crippen molar-refractivity contribution in [1.29, 1.82) is 0 Å². The average Bonchev–Trinajstić information content (AvgIpc) is 3.27. The van der Waals surface area contributed by atoms with Crippen LogP contribution in [0.1, 0.15) is 23.5 Å². The predicted octanol–water partition coefficient (Wildman–Crippen LogP) is 3.44. The van der Waals surface area contributed by atoms with Gasteiger partial charge >= 0.3 is 0 Å². The third-order valence-electron chi connectivity index (χ3n) is 6.21. The van der Waals surface area contributed by atoms with Crippen LogP contribution in [0.15, 0.2) is 45.8 Å². The standard InChI is InChI=1S/C25H27N5O6S2/c1-15-25(37-16(2)28-15)38(32,33)29-20-10-19(11-27-23(20)34-3)18-4-5-22-26-12-21(24(31)30(22)13-18)36-14-17-6-8-35-9-7-17/h4-5,10-13,17,29H,6-9,14H2,1-3H3. The highest BCUT2D eigenvalue weighted by atomic mass is 32.2. The fourth-order valence-corrected chi connectivity index (χ4v) is 6.78. The lowest BCUT2D eigenvalue weighted by molar-refractivity contribution is 0.0494. The number of nitrogens with zero attached hydrogens (tertiary/aromatic N) is 4. The van der Waals surface area contributed by atoms with E-state index in [-0.39, 0.29) is 27.1 Å². The van der Waals surface area contributed by atoms with Crippen molar-refractivity contribution in [3.63, 3.8) is 0 Å². The third-order valence-corrected chi connectivity index (χ3v) is 9.26. The topological polar surface area (TPSA) is 134 Å². The Hall–Kier alpha value is -3.55. The van der Waals surface area contributed by atoms with Gasteiger partial charge in [0.15, 0.2) is 4.21 Å². The number of hydrogen-bond donors (Lipinski definition) is 1. The Bertz CT molecular complexity index is 1640. The summed E-state index contributed by atoms with van der Waals surface area (Å²) in [4.78, 5) is 26.0. The number of hydrogen-bond acceptors (Lipinski definition) is 10. The first-order chi connectivity index (χ1) is 18.2. The molecule has 1 aliphatic rings. The van der Waals surface area contributed by atoms with Crippen molar-refractivity contribution >= 4 is 32.7 Å². The van der Waals surface area contributed by atoms with Gasteiger partial charge in [0.25, 0.3) is 15.6 Å². The molecule has 0 atom stereocenters. The van der Waals surface area contributed by atoms with E-state index in [4.69, 9.17) is 14.2 Å². The molecule has 1 N–H and O–H groups in total. The number of pyridine rings is 2. The van der Waals surface area contributed by atoms with Gasteiger partial charge in [-0.15, -0.1) is 11.3 Å². The molecule has 38 heavy (non-hydrogen) atoms. The monoisotopic (exact) mass is 557 g/mol. The highest BCUT2D eigenvalue weighted by molar-refractivity contribution is 7.94. The highest BCUT2D eigenvalue weighted by Crippen LogP contribution is 2.32. The number of rotatable bonds is 8. The Labute approximate surface area is 223 Å². The van der Waals surface area contributed by atoms with E-state index in [1.54, 1.807) is 44.4 Å². The zero-order chi connectivity index (χ0) is 26.9. The van der Waals surface area contributed by atoms with Crippen LogP contribution in [0, 0.1) is 19.8 Å². The zero-order valence-corrected chi connectivity index (χ0v) is 22.8. The average molecular weight is 558 g/mol. The molecule has 0 aromatic carbocycles. The van der Waals surface area contributed by atoms with Crippen LogP contribution in [-0.4, -0.2) is 54.7 Å². The number of aromatic nitrogens is 4. The van der Waals surface area contributed by atoms with Crippen LogP contribution in [-0.2, 0) is 14.8 Å². The van der Waals surface area contributed by atoms with E-state index in [0.717, 1.165) is 24.2 Å². The van der Waals surface area contributed by atoms with Gasteiger partial charge in [0.2, 0.25) is 11.6 Å². The number of anilines is 1. The van der Waals surface area contributed by atoms with Gasteiger partial charge in [-0.05, 0) is 50.8 Å². The second-order valence-corrected chi connectivity index (χ2v) is 12.0. The number of methoxy groups -OCH3 is 1. The Morgan fingerprint density at radius 1 is 1.16 bits per heavy atom. The number of aryl methyl sites for hydroxylation is 2. The van der Waals surface area contributed by atoms with Gasteiger partial charge in [-0.1, -0.05) is 0 Å². The van der Waals surface area contributed by atoms with Crippen molar-refractivity contribution in [1.82, 2.24) is 19.4 Å². The predicted molar refractivity (Wildman–Crippen MR) is 143 cm³/mol. The Balaban J connectivity index is 1.46. The lowest BCUT2D eigenvalue weighted by Gasteiger charge is -2.21. The third kappa shape index (κ3) is 5.35. The molecule has 0 radical (unpaired) electrons. The first-order valence-corrected chi connectivity index (χ1v) is 14.3.